The Balaban J connectivity index is 1.52. The fourth-order valence-electron chi connectivity index (χ4n) is 3.56. The van der Waals surface area contributed by atoms with Crippen LogP contribution in [0.25, 0.3) is 0 Å². The van der Waals surface area contributed by atoms with Crippen LogP contribution < -0.4 is 11.1 Å². The summed E-state index contributed by atoms with van der Waals surface area (Å²) >= 11 is 0. The standard InChI is InChI=1S/C18H24N6O/c1-13-3-5-14(6-4-13)20-17-22-15(21-16(19)23-17)11-24-9-10-25-12-18(24)7-2-8-18/h3-6H,2,7-12H2,1H3,(H3,19,20,21,22,23). The molecule has 1 saturated heterocycles. The second-order valence-electron chi connectivity index (χ2n) is 6.98. The molecule has 7 nitrogen and oxygen atoms in total. The highest BCUT2D eigenvalue weighted by Gasteiger charge is 2.44. The summed E-state index contributed by atoms with van der Waals surface area (Å²) in [5.41, 5.74) is 8.22. The van der Waals surface area contributed by atoms with Gasteiger partial charge in [0.2, 0.25) is 11.9 Å². The first-order valence-corrected chi connectivity index (χ1v) is 8.80. The molecule has 25 heavy (non-hydrogen) atoms. The second kappa shape index (κ2) is 6.57. The smallest absolute Gasteiger partial charge is 0.232 e. The third-order valence-electron chi connectivity index (χ3n) is 5.17. The number of nitrogens with zero attached hydrogens (tertiary/aromatic N) is 4. The maximum Gasteiger partial charge on any atom is 0.232 e. The van der Waals surface area contributed by atoms with E-state index in [1.807, 2.05) is 24.3 Å². The number of benzene rings is 1. The first kappa shape index (κ1) is 16.2. The van der Waals surface area contributed by atoms with Crippen molar-refractivity contribution < 1.29 is 4.74 Å². The van der Waals surface area contributed by atoms with Crippen molar-refractivity contribution in [2.75, 3.05) is 30.8 Å². The lowest BCUT2D eigenvalue weighted by Gasteiger charge is -2.52. The Morgan fingerprint density at radius 1 is 1.20 bits per heavy atom. The van der Waals surface area contributed by atoms with E-state index in [1.54, 1.807) is 0 Å². The normalized spacial score (nSPS) is 19.6. The van der Waals surface area contributed by atoms with Crippen LogP contribution in [0, 0.1) is 6.92 Å². The van der Waals surface area contributed by atoms with Gasteiger partial charge in [0.25, 0.3) is 0 Å². The summed E-state index contributed by atoms with van der Waals surface area (Å²) in [6.45, 7) is 5.21. The maximum atomic E-state index is 5.91. The molecule has 1 aromatic heterocycles. The number of nitrogen functional groups attached to an aromatic ring is 1. The van der Waals surface area contributed by atoms with Gasteiger partial charge < -0.3 is 15.8 Å². The fraction of sp³-hybridized carbons (Fsp3) is 0.500. The van der Waals surface area contributed by atoms with E-state index in [0.29, 0.717) is 18.3 Å². The summed E-state index contributed by atoms with van der Waals surface area (Å²) in [5, 5.41) is 3.21. The zero-order valence-corrected chi connectivity index (χ0v) is 14.5. The van der Waals surface area contributed by atoms with Gasteiger partial charge in [0.1, 0.15) is 5.82 Å². The number of nitrogens with two attached hydrogens (primary N) is 1. The minimum absolute atomic E-state index is 0.171. The van der Waals surface area contributed by atoms with Crippen molar-refractivity contribution in [1.29, 1.82) is 0 Å². The number of hydrogen-bond donors (Lipinski definition) is 2. The summed E-state index contributed by atoms with van der Waals surface area (Å²) in [4.78, 5) is 15.6. The molecule has 0 unspecified atom stereocenters. The summed E-state index contributed by atoms with van der Waals surface area (Å²) in [6.07, 6.45) is 3.63. The van der Waals surface area contributed by atoms with Crippen molar-refractivity contribution >= 4 is 17.6 Å². The minimum Gasteiger partial charge on any atom is -0.378 e. The van der Waals surface area contributed by atoms with Crippen LogP contribution in [0.2, 0.25) is 0 Å². The van der Waals surface area contributed by atoms with Crippen LogP contribution in [-0.4, -0.2) is 45.1 Å². The fourth-order valence-corrected chi connectivity index (χ4v) is 3.56. The minimum atomic E-state index is 0.171. The van der Waals surface area contributed by atoms with Gasteiger partial charge in [-0.3, -0.25) is 4.90 Å². The van der Waals surface area contributed by atoms with Gasteiger partial charge in [0.05, 0.1) is 19.8 Å². The molecule has 1 spiro atoms. The molecule has 1 aliphatic heterocycles. The molecular weight excluding hydrogens is 316 g/mol. The van der Waals surface area contributed by atoms with Gasteiger partial charge in [-0.05, 0) is 38.3 Å². The third-order valence-corrected chi connectivity index (χ3v) is 5.17. The molecule has 4 rings (SSSR count). The molecule has 1 saturated carbocycles. The molecule has 0 amide bonds. The van der Waals surface area contributed by atoms with Gasteiger partial charge >= 0.3 is 0 Å². The number of aryl methyl sites for hydroxylation is 1. The first-order chi connectivity index (χ1) is 12.1. The van der Waals surface area contributed by atoms with Gasteiger partial charge in [-0.2, -0.15) is 15.0 Å². The van der Waals surface area contributed by atoms with Gasteiger partial charge in [0.15, 0.2) is 0 Å². The summed E-state index contributed by atoms with van der Waals surface area (Å²) in [7, 11) is 0. The van der Waals surface area contributed by atoms with Crippen LogP contribution >= 0.6 is 0 Å². The quantitative estimate of drug-likeness (QED) is 0.882. The monoisotopic (exact) mass is 340 g/mol. The van der Waals surface area contributed by atoms with Crippen molar-refractivity contribution in [2.24, 2.45) is 0 Å². The number of nitrogens with one attached hydrogen (secondary N) is 1. The zero-order valence-electron chi connectivity index (χ0n) is 14.5. The molecule has 0 atom stereocenters. The Hall–Kier alpha value is -2.25. The highest BCUT2D eigenvalue weighted by Crippen LogP contribution is 2.40. The lowest BCUT2D eigenvalue weighted by molar-refractivity contribution is -0.112. The summed E-state index contributed by atoms with van der Waals surface area (Å²) in [5.74, 6) is 1.44. The summed E-state index contributed by atoms with van der Waals surface area (Å²) < 4.78 is 5.70. The Labute approximate surface area is 147 Å². The molecule has 7 heteroatoms. The highest BCUT2D eigenvalue weighted by molar-refractivity contribution is 5.54. The SMILES string of the molecule is Cc1ccc(Nc2nc(N)nc(CN3CCOCC34CCC4)n2)cc1. The average Bonchev–Trinajstić information content (AvgIpc) is 2.55. The van der Waals surface area contributed by atoms with Gasteiger partial charge in [-0.1, -0.05) is 17.7 Å². The van der Waals surface area contributed by atoms with E-state index in [9.17, 15) is 0 Å². The average molecular weight is 340 g/mol. The zero-order chi connectivity index (χ0) is 17.3. The van der Waals surface area contributed by atoms with Gasteiger partial charge in [-0.15, -0.1) is 0 Å². The molecule has 2 aliphatic rings. The van der Waals surface area contributed by atoms with Gasteiger partial charge in [-0.25, -0.2) is 0 Å². The van der Waals surface area contributed by atoms with Crippen LogP contribution in [0.4, 0.5) is 17.6 Å². The van der Waals surface area contributed by atoms with Gasteiger partial charge in [0, 0.05) is 17.8 Å². The predicted molar refractivity (Wildman–Crippen MR) is 96.5 cm³/mol. The molecular formula is C18H24N6O. The van der Waals surface area contributed by atoms with Crippen molar-refractivity contribution in [1.82, 2.24) is 19.9 Å². The Kier molecular flexibility index (Phi) is 4.27. The molecule has 1 aromatic carbocycles. The number of anilines is 3. The molecule has 2 heterocycles. The van der Waals surface area contributed by atoms with E-state index in [2.05, 4.69) is 32.1 Å². The number of rotatable bonds is 4. The Morgan fingerprint density at radius 3 is 2.72 bits per heavy atom. The molecule has 2 fully saturated rings. The van der Waals surface area contributed by atoms with Crippen LogP contribution in [0.5, 0.6) is 0 Å². The lowest BCUT2D eigenvalue weighted by Crippen LogP contribution is -2.60. The number of hydrogen-bond acceptors (Lipinski definition) is 7. The van der Waals surface area contributed by atoms with Crippen LogP contribution in [0.15, 0.2) is 24.3 Å². The third kappa shape index (κ3) is 3.43. The first-order valence-electron chi connectivity index (χ1n) is 8.80. The van der Waals surface area contributed by atoms with Crippen LogP contribution in [0.1, 0.15) is 30.7 Å². The predicted octanol–water partition coefficient (Wildman–Crippen LogP) is 2.26. The van der Waals surface area contributed by atoms with E-state index < -0.39 is 0 Å². The van der Waals surface area contributed by atoms with E-state index >= 15 is 0 Å². The van der Waals surface area contributed by atoms with Crippen LogP contribution in [0.3, 0.4) is 0 Å². The molecule has 3 N–H and O–H groups in total. The molecule has 0 bridgehead atoms. The molecule has 0 radical (unpaired) electrons. The molecule has 132 valence electrons. The topological polar surface area (TPSA) is 89.2 Å². The van der Waals surface area contributed by atoms with E-state index in [4.69, 9.17) is 10.5 Å². The number of morpholine rings is 1. The Morgan fingerprint density at radius 2 is 2.00 bits per heavy atom. The van der Waals surface area contributed by atoms with E-state index in [1.165, 1.54) is 24.8 Å². The largest absolute Gasteiger partial charge is 0.378 e. The highest BCUT2D eigenvalue weighted by atomic mass is 16.5. The molecule has 2 aromatic rings. The van der Waals surface area contributed by atoms with Crippen molar-refractivity contribution in [3.8, 4) is 0 Å². The maximum absolute atomic E-state index is 5.91. The molecule has 1 aliphatic carbocycles. The van der Waals surface area contributed by atoms with Crippen molar-refractivity contribution in [2.45, 2.75) is 38.3 Å². The van der Waals surface area contributed by atoms with Crippen molar-refractivity contribution in [3.05, 3.63) is 35.7 Å². The van der Waals surface area contributed by atoms with E-state index in [0.717, 1.165) is 25.4 Å². The second-order valence-corrected chi connectivity index (χ2v) is 6.98. The van der Waals surface area contributed by atoms with E-state index in [-0.39, 0.29) is 11.5 Å². The lowest BCUT2D eigenvalue weighted by atomic mass is 9.75. The van der Waals surface area contributed by atoms with Crippen molar-refractivity contribution in [3.63, 3.8) is 0 Å². The summed E-state index contributed by atoms with van der Waals surface area (Å²) in [6, 6.07) is 8.09. The Bertz CT molecular complexity index is 744. The number of aromatic nitrogens is 3. The number of ether oxygens (including phenoxy) is 1. The van der Waals surface area contributed by atoms with Crippen LogP contribution in [-0.2, 0) is 11.3 Å².